The van der Waals surface area contributed by atoms with E-state index in [1.807, 2.05) is 20.8 Å². The van der Waals surface area contributed by atoms with Crippen LogP contribution in [0.25, 0.3) is 0 Å². The van der Waals surface area contributed by atoms with E-state index in [1.165, 1.54) is 7.11 Å². The number of benzene rings is 1. The van der Waals surface area contributed by atoms with Crippen LogP contribution in [0.2, 0.25) is 0 Å². The molecule has 0 bridgehead atoms. The van der Waals surface area contributed by atoms with Crippen LogP contribution in [0.4, 0.5) is 15.3 Å². The van der Waals surface area contributed by atoms with Crippen LogP contribution in [0.3, 0.4) is 0 Å². The third-order valence-corrected chi connectivity index (χ3v) is 3.78. The number of nitrogens with one attached hydrogen (secondary N) is 1. The van der Waals surface area contributed by atoms with E-state index in [-0.39, 0.29) is 12.1 Å². The summed E-state index contributed by atoms with van der Waals surface area (Å²) in [5.74, 6) is -0.429. The molecule has 142 valence electrons. The largest absolute Gasteiger partial charge is 0.465 e. The summed E-state index contributed by atoms with van der Waals surface area (Å²) in [7, 11) is 1.31. The summed E-state index contributed by atoms with van der Waals surface area (Å²) in [6, 6.07) is 6.20. The molecule has 0 atom stereocenters. The van der Waals surface area contributed by atoms with E-state index in [9.17, 15) is 14.4 Å². The molecule has 1 heterocycles. The van der Waals surface area contributed by atoms with Gasteiger partial charge in [-0.3, -0.25) is 0 Å². The second-order valence-corrected chi connectivity index (χ2v) is 6.95. The van der Waals surface area contributed by atoms with Crippen molar-refractivity contribution in [2.75, 3.05) is 38.6 Å². The van der Waals surface area contributed by atoms with Gasteiger partial charge in [0.25, 0.3) is 0 Å². The van der Waals surface area contributed by atoms with Crippen LogP contribution in [0.1, 0.15) is 31.1 Å². The first-order chi connectivity index (χ1) is 12.2. The standard InChI is InChI=1S/C18H25N3O5/c1-18(2,3)26-17(24)21-11-9-20(10-12-21)16(23)19-14-7-5-13(6-8-14)15(22)25-4/h5-8H,9-12H2,1-4H3,(H,19,23). The van der Waals surface area contributed by atoms with Crippen molar-refractivity contribution < 1.29 is 23.9 Å². The molecule has 1 aromatic rings. The maximum Gasteiger partial charge on any atom is 0.410 e. The minimum atomic E-state index is -0.540. The van der Waals surface area contributed by atoms with Crippen molar-refractivity contribution in [3.63, 3.8) is 0 Å². The maximum atomic E-state index is 12.3. The predicted molar refractivity (Wildman–Crippen MR) is 96.2 cm³/mol. The lowest BCUT2D eigenvalue weighted by Crippen LogP contribution is -2.52. The minimum Gasteiger partial charge on any atom is -0.465 e. The number of methoxy groups -OCH3 is 1. The minimum absolute atomic E-state index is 0.250. The summed E-state index contributed by atoms with van der Waals surface area (Å²) in [5, 5.41) is 2.78. The van der Waals surface area contributed by atoms with Gasteiger partial charge in [-0.25, -0.2) is 14.4 Å². The van der Waals surface area contributed by atoms with Crippen LogP contribution in [0, 0.1) is 0 Å². The molecule has 1 N–H and O–H groups in total. The zero-order chi connectivity index (χ0) is 19.3. The average Bonchev–Trinajstić information content (AvgIpc) is 2.60. The highest BCUT2D eigenvalue weighted by atomic mass is 16.6. The molecule has 0 aliphatic carbocycles. The molecule has 26 heavy (non-hydrogen) atoms. The first-order valence-electron chi connectivity index (χ1n) is 8.42. The second-order valence-electron chi connectivity index (χ2n) is 6.95. The monoisotopic (exact) mass is 363 g/mol. The highest BCUT2D eigenvalue weighted by Crippen LogP contribution is 2.14. The number of esters is 1. The molecule has 0 radical (unpaired) electrons. The Kier molecular flexibility index (Phi) is 6.07. The number of carbonyl (C=O) groups is 3. The van der Waals surface area contributed by atoms with Gasteiger partial charge in [-0.2, -0.15) is 0 Å². The fourth-order valence-electron chi connectivity index (χ4n) is 2.43. The Bertz CT molecular complexity index is 658. The van der Waals surface area contributed by atoms with E-state index in [0.717, 1.165) is 0 Å². The normalized spacial score (nSPS) is 14.6. The van der Waals surface area contributed by atoms with Crippen molar-refractivity contribution in [2.24, 2.45) is 0 Å². The Morgan fingerprint density at radius 3 is 2.00 bits per heavy atom. The quantitative estimate of drug-likeness (QED) is 0.816. The second kappa shape index (κ2) is 8.07. The molecule has 1 fully saturated rings. The fraction of sp³-hybridized carbons (Fsp3) is 0.500. The Morgan fingerprint density at radius 2 is 1.50 bits per heavy atom. The summed E-state index contributed by atoms with van der Waals surface area (Å²) in [4.78, 5) is 39.0. The van der Waals surface area contributed by atoms with Gasteiger partial charge in [-0.05, 0) is 45.0 Å². The van der Waals surface area contributed by atoms with Gasteiger partial charge >= 0.3 is 18.1 Å². The maximum absolute atomic E-state index is 12.3. The molecule has 8 nitrogen and oxygen atoms in total. The highest BCUT2D eigenvalue weighted by Gasteiger charge is 2.27. The number of urea groups is 1. The number of anilines is 1. The van der Waals surface area contributed by atoms with Gasteiger partial charge in [0.15, 0.2) is 0 Å². The summed E-state index contributed by atoms with van der Waals surface area (Å²) in [5.41, 5.74) is 0.454. The van der Waals surface area contributed by atoms with Crippen LogP contribution in [0.15, 0.2) is 24.3 Å². The molecule has 1 aromatic carbocycles. The van der Waals surface area contributed by atoms with Crippen LogP contribution in [0.5, 0.6) is 0 Å². The third-order valence-electron chi connectivity index (χ3n) is 3.78. The fourth-order valence-corrected chi connectivity index (χ4v) is 2.43. The zero-order valence-corrected chi connectivity index (χ0v) is 15.6. The molecule has 0 spiro atoms. The number of hydrogen-bond acceptors (Lipinski definition) is 5. The van der Waals surface area contributed by atoms with Crippen LogP contribution < -0.4 is 5.32 Å². The number of carbonyl (C=O) groups excluding carboxylic acids is 3. The van der Waals surface area contributed by atoms with Gasteiger partial charge in [0.05, 0.1) is 12.7 Å². The summed E-state index contributed by atoms with van der Waals surface area (Å²) < 4.78 is 9.97. The van der Waals surface area contributed by atoms with Crippen LogP contribution in [-0.2, 0) is 9.47 Å². The van der Waals surface area contributed by atoms with Gasteiger partial charge in [-0.15, -0.1) is 0 Å². The van der Waals surface area contributed by atoms with Crippen molar-refractivity contribution in [3.8, 4) is 0 Å². The van der Waals surface area contributed by atoms with Crippen molar-refractivity contribution in [2.45, 2.75) is 26.4 Å². The Morgan fingerprint density at radius 1 is 0.962 bits per heavy atom. The molecule has 8 heteroatoms. The first-order valence-corrected chi connectivity index (χ1v) is 8.42. The smallest absolute Gasteiger partial charge is 0.410 e. The molecule has 0 unspecified atom stereocenters. The highest BCUT2D eigenvalue weighted by molar-refractivity contribution is 5.92. The van der Waals surface area contributed by atoms with E-state index >= 15 is 0 Å². The molecule has 0 saturated carbocycles. The molecular weight excluding hydrogens is 338 g/mol. The molecule has 0 aromatic heterocycles. The van der Waals surface area contributed by atoms with Crippen molar-refractivity contribution in [1.82, 2.24) is 9.80 Å². The first kappa shape index (κ1) is 19.6. The summed E-state index contributed by atoms with van der Waals surface area (Å²) in [6.45, 7) is 7.14. The lowest BCUT2D eigenvalue weighted by molar-refractivity contribution is 0.0174. The SMILES string of the molecule is COC(=O)c1ccc(NC(=O)N2CCN(C(=O)OC(C)(C)C)CC2)cc1. The van der Waals surface area contributed by atoms with E-state index < -0.39 is 11.6 Å². The van der Waals surface area contributed by atoms with E-state index in [0.29, 0.717) is 37.4 Å². The topological polar surface area (TPSA) is 88.2 Å². The van der Waals surface area contributed by atoms with Crippen molar-refractivity contribution in [1.29, 1.82) is 0 Å². The van der Waals surface area contributed by atoms with Crippen molar-refractivity contribution >= 4 is 23.8 Å². The number of hydrogen-bond donors (Lipinski definition) is 1. The molecule has 2 rings (SSSR count). The zero-order valence-electron chi connectivity index (χ0n) is 15.6. The average molecular weight is 363 g/mol. The van der Waals surface area contributed by atoms with Crippen LogP contribution >= 0.6 is 0 Å². The van der Waals surface area contributed by atoms with Gasteiger partial charge in [-0.1, -0.05) is 0 Å². The predicted octanol–water partition coefficient (Wildman–Crippen LogP) is 2.56. The molecule has 3 amide bonds. The van der Waals surface area contributed by atoms with E-state index in [1.54, 1.807) is 34.1 Å². The Hall–Kier alpha value is -2.77. The number of piperazine rings is 1. The molecule has 1 aliphatic heterocycles. The van der Waals surface area contributed by atoms with Gasteiger partial charge < -0.3 is 24.6 Å². The lowest BCUT2D eigenvalue weighted by Gasteiger charge is -2.35. The Balaban J connectivity index is 1.85. The van der Waals surface area contributed by atoms with Crippen LogP contribution in [-0.4, -0.2) is 66.8 Å². The molecular formula is C18H25N3O5. The molecule has 1 saturated heterocycles. The number of nitrogens with zero attached hydrogens (tertiary/aromatic N) is 2. The number of ether oxygens (including phenoxy) is 2. The number of amides is 3. The van der Waals surface area contributed by atoms with Crippen molar-refractivity contribution in [3.05, 3.63) is 29.8 Å². The van der Waals surface area contributed by atoms with Gasteiger partial charge in [0, 0.05) is 31.9 Å². The molecule has 1 aliphatic rings. The van der Waals surface area contributed by atoms with E-state index in [2.05, 4.69) is 10.1 Å². The van der Waals surface area contributed by atoms with Gasteiger partial charge in [0.1, 0.15) is 5.60 Å². The summed E-state index contributed by atoms with van der Waals surface area (Å²) in [6.07, 6.45) is -0.365. The Labute approximate surface area is 153 Å². The lowest BCUT2D eigenvalue weighted by atomic mass is 10.2. The summed E-state index contributed by atoms with van der Waals surface area (Å²) >= 11 is 0. The van der Waals surface area contributed by atoms with E-state index in [4.69, 9.17) is 4.74 Å². The third kappa shape index (κ3) is 5.37. The van der Waals surface area contributed by atoms with Gasteiger partial charge in [0.2, 0.25) is 0 Å². The number of rotatable bonds is 2.